The summed E-state index contributed by atoms with van der Waals surface area (Å²) in [7, 11) is 1.79. The smallest absolute Gasteiger partial charge is 0.169 e. The van der Waals surface area contributed by atoms with Crippen LogP contribution in [0, 0.1) is 11.3 Å². The third-order valence-electron chi connectivity index (χ3n) is 1.90. The van der Waals surface area contributed by atoms with Crippen molar-refractivity contribution in [2.45, 2.75) is 6.54 Å². The van der Waals surface area contributed by atoms with Crippen molar-refractivity contribution < 1.29 is 0 Å². The molecule has 0 saturated carbocycles. The van der Waals surface area contributed by atoms with Crippen LogP contribution in [0.25, 0.3) is 0 Å². The van der Waals surface area contributed by atoms with E-state index < -0.39 is 0 Å². The molecule has 7 nitrogen and oxygen atoms in total. The fourth-order valence-electron chi connectivity index (χ4n) is 1.18. The molecule has 0 amide bonds. The Morgan fingerprint density at radius 3 is 3.12 bits per heavy atom. The number of rotatable bonds is 3. The summed E-state index contributed by atoms with van der Waals surface area (Å²) in [6, 6.07) is 3.62. The van der Waals surface area contributed by atoms with Crippen molar-refractivity contribution >= 4 is 5.82 Å². The molecule has 0 aliphatic heterocycles. The minimum Gasteiger partial charge on any atom is -0.360 e. The number of aromatic nitrogens is 5. The first-order chi connectivity index (χ1) is 7.79. The standard InChI is InChI=1S/C9H9N7/c1-16-6-12-8(15-16)5-11-9-7(4-10)2-3-13-14-9/h2-3,6H,5H2,1H3,(H,11,14). The maximum Gasteiger partial charge on any atom is 0.169 e. The summed E-state index contributed by atoms with van der Waals surface area (Å²) in [5, 5.41) is 23.4. The van der Waals surface area contributed by atoms with Gasteiger partial charge in [0.2, 0.25) is 0 Å². The molecule has 0 bridgehead atoms. The number of nitrogens with one attached hydrogen (secondary N) is 1. The molecule has 0 fully saturated rings. The molecule has 0 aliphatic rings. The van der Waals surface area contributed by atoms with Crippen LogP contribution in [0.1, 0.15) is 11.4 Å². The number of nitrogens with zero attached hydrogens (tertiary/aromatic N) is 6. The van der Waals surface area contributed by atoms with Gasteiger partial charge in [-0.1, -0.05) is 0 Å². The number of nitriles is 1. The maximum atomic E-state index is 8.83. The lowest BCUT2D eigenvalue weighted by molar-refractivity contribution is 0.746. The van der Waals surface area contributed by atoms with Crippen LogP contribution in [0.5, 0.6) is 0 Å². The third kappa shape index (κ3) is 2.12. The zero-order chi connectivity index (χ0) is 11.4. The SMILES string of the molecule is Cn1cnc(CNc2nnccc2C#N)n1. The molecule has 2 aromatic heterocycles. The second kappa shape index (κ2) is 4.35. The van der Waals surface area contributed by atoms with Gasteiger partial charge in [-0.25, -0.2) is 4.98 Å². The first kappa shape index (κ1) is 10.0. The van der Waals surface area contributed by atoms with Gasteiger partial charge in [-0.05, 0) is 6.07 Å². The Balaban J connectivity index is 2.08. The summed E-state index contributed by atoms with van der Waals surface area (Å²) in [5.74, 6) is 1.08. The van der Waals surface area contributed by atoms with Crippen LogP contribution in [0.3, 0.4) is 0 Å². The van der Waals surface area contributed by atoms with Gasteiger partial charge in [0, 0.05) is 7.05 Å². The summed E-state index contributed by atoms with van der Waals surface area (Å²) in [4.78, 5) is 4.04. The van der Waals surface area contributed by atoms with Gasteiger partial charge in [0.1, 0.15) is 12.4 Å². The Labute approximate surface area is 91.8 Å². The van der Waals surface area contributed by atoms with Gasteiger partial charge in [0.15, 0.2) is 11.6 Å². The highest BCUT2D eigenvalue weighted by molar-refractivity contribution is 5.49. The lowest BCUT2D eigenvalue weighted by Gasteiger charge is -2.02. The van der Waals surface area contributed by atoms with E-state index in [0.29, 0.717) is 23.8 Å². The van der Waals surface area contributed by atoms with Crippen LogP contribution in [0.2, 0.25) is 0 Å². The van der Waals surface area contributed by atoms with Gasteiger partial charge in [-0.15, -0.1) is 5.10 Å². The van der Waals surface area contributed by atoms with Crippen LogP contribution < -0.4 is 5.32 Å². The zero-order valence-electron chi connectivity index (χ0n) is 8.62. The van der Waals surface area contributed by atoms with Crippen molar-refractivity contribution in [3.63, 3.8) is 0 Å². The molecular weight excluding hydrogens is 206 g/mol. The molecule has 0 unspecified atom stereocenters. The van der Waals surface area contributed by atoms with Crippen molar-refractivity contribution in [2.75, 3.05) is 5.32 Å². The largest absolute Gasteiger partial charge is 0.360 e. The number of hydrogen-bond acceptors (Lipinski definition) is 6. The predicted octanol–water partition coefficient (Wildman–Crippen LogP) is 0.0889. The first-order valence-electron chi connectivity index (χ1n) is 4.60. The Morgan fingerprint density at radius 2 is 2.44 bits per heavy atom. The van der Waals surface area contributed by atoms with Crippen molar-refractivity contribution in [3.05, 3.63) is 30.0 Å². The quantitative estimate of drug-likeness (QED) is 0.779. The Bertz CT molecular complexity index is 525. The summed E-state index contributed by atoms with van der Waals surface area (Å²) >= 11 is 0. The summed E-state index contributed by atoms with van der Waals surface area (Å²) < 4.78 is 1.61. The molecule has 0 atom stereocenters. The second-order valence-corrected chi connectivity index (χ2v) is 3.09. The highest BCUT2D eigenvalue weighted by atomic mass is 15.3. The van der Waals surface area contributed by atoms with E-state index in [-0.39, 0.29) is 0 Å². The van der Waals surface area contributed by atoms with Crippen LogP contribution in [-0.2, 0) is 13.6 Å². The molecule has 2 aromatic rings. The monoisotopic (exact) mass is 215 g/mol. The average Bonchev–Trinajstić information content (AvgIpc) is 2.73. The molecule has 16 heavy (non-hydrogen) atoms. The highest BCUT2D eigenvalue weighted by Crippen LogP contribution is 2.08. The van der Waals surface area contributed by atoms with Crippen molar-refractivity contribution in [3.8, 4) is 6.07 Å². The molecule has 1 N–H and O–H groups in total. The van der Waals surface area contributed by atoms with Gasteiger partial charge in [0.25, 0.3) is 0 Å². The Morgan fingerprint density at radius 1 is 1.56 bits per heavy atom. The molecule has 0 aromatic carbocycles. The normalized spacial score (nSPS) is 9.75. The molecular formula is C9H9N7. The van der Waals surface area contributed by atoms with E-state index in [0.717, 1.165) is 0 Å². The van der Waals surface area contributed by atoms with E-state index in [2.05, 4.69) is 25.6 Å². The topological polar surface area (TPSA) is 92.3 Å². The fraction of sp³-hybridized carbons (Fsp3) is 0.222. The second-order valence-electron chi connectivity index (χ2n) is 3.09. The minimum atomic E-state index is 0.411. The van der Waals surface area contributed by atoms with Crippen molar-refractivity contribution in [2.24, 2.45) is 7.05 Å². The van der Waals surface area contributed by atoms with Crippen LogP contribution in [0.15, 0.2) is 18.6 Å². The highest BCUT2D eigenvalue weighted by Gasteiger charge is 2.04. The van der Waals surface area contributed by atoms with E-state index in [1.807, 2.05) is 6.07 Å². The van der Waals surface area contributed by atoms with Crippen LogP contribution >= 0.6 is 0 Å². The Kier molecular flexibility index (Phi) is 2.73. The van der Waals surface area contributed by atoms with E-state index >= 15 is 0 Å². The number of hydrogen-bond donors (Lipinski definition) is 1. The summed E-state index contributed by atoms with van der Waals surface area (Å²) in [6.07, 6.45) is 3.08. The third-order valence-corrected chi connectivity index (χ3v) is 1.90. The van der Waals surface area contributed by atoms with E-state index in [4.69, 9.17) is 5.26 Å². The Hall–Kier alpha value is -2.49. The van der Waals surface area contributed by atoms with Gasteiger partial charge < -0.3 is 5.32 Å². The minimum absolute atomic E-state index is 0.411. The molecule has 7 heteroatoms. The van der Waals surface area contributed by atoms with Crippen LogP contribution in [-0.4, -0.2) is 25.0 Å². The molecule has 0 radical (unpaired) electrons. The zero-order valence-corrected chi connectivity index (χ0v) is 8.62. The van der Waals surface area contributed by atoms with Gasteiger partial charge >= 0.3 is 0 Å². The first-order valence-corrected chi connectivity index (χ1v) is 4.60. The lowest BCUT2D eigenvalue weighted by atomic mass is 10.3. The molecule has 2 heterocycles. The van der Waals surface area contributed by atoms with Gasteiger partial charge in [-0.3, -0.25) is 4.68 Å². The van der Waals surface area contributed by atoms with Crippen LogP contribution in [0.4, 0.5) is 5.82 Å². The molecule has 0 aliphatic carbocycles. The van der Waals surface area contributed by atoms with Gasteiger partial charge in [0.05, 0.1) is 18.3 Å². The maximum absolute atomic E-state index is 8.83. The molecule has 0 saturated heterocycles. The fourth-order valence-corrected chi connectivity index (χ4v) is 1.18. The van der Waals surface area contributed by atoms with E-state index in [1.54, 1.807) is 24.1 Å². The number of aryl methyl sites for hydroxylation is 1. The summed E-state index contributed by atoms with van der Waals surface area (Å²) in [6.45, 7) is 0.411. The average molecular weight is 215 g/mol. The van der Waals surface area contributed by atoms with Crippen molar-refractivity contribution in [1.29, 1.82) is 5.26 Å². The predicted molar refractivity (Wildman–Crippen MR) is 55.1 cm³/mol. The van der Waals surface area contributed by atoms with E-state index in [1.165, 1.54) is 6.20 Å². The van der Waals surface area contributed by atoms with E-state index in [9.17, 15) is 0 Å². The molecule has 2 rings (SSSR count). The molecule has 80 valence electrons. The van der Waals surface area contributed by atoms with Gasteiger partial charge in [-0.2, -0.15) is 15.5 Å². The van der Waals surface area contributed by atoms with Crippen molar-refractivity contribution in [1.82, 2.24) is 25.0 Å². The number of anilines is 1. The summed E-state index contributed by atoms with van der Waals surface area (Å²) in [5.41, 5.74) is 0.450. The lowest BCUT2D eigenvalue weighted by Crippen LogP contribution is -2.06. The molecule has 0 spiro atoms.